The number of carbonyl (C=O) groups is 2. The van der Waals surface area contributed by atoms with Crippen molar-refractivity contribution in [3.63, 3.8) is 0 Å². The van der Waals surface area contributed by atoms with Crippen molar-refractivity contribution in [1.82, 2.24) is 10.2 Å². The number of hydrogen-bond donors (Lipinski definition) is 3. The number of allylic oxidation sites excluding steroid dienone is 6. The van der Waals surface area contributed by atoms with Gasteiger partial charge in [0.05, 0.1) is 17.7 Å². The minimum absolute atomic E-state index is 0.0182. The van der Waals surface area contributed by atoms with Gasteiger partial charge < -0.3 is 21.3 Å². The normalized spacial score (nSPS) is 17.1. The Kier molecular flexibility index (Phi) is 8.73. The second kappa shape index (κ2) is 11.0. The van der Waals surface area contributed by atoms with Gasteiger partial charge in [-0.1, -0.05) is 13.0 Å². The van der Waals surface area contributed by atoms with Crippen molar-refractivity contribution in [2.75, 3.05) is 26.0 Å². The van der Waals surface area contributed by atoms with Gasteiger partial charge in [-0.2, -0.15) is 3.89 Å². The first-order valence-corrected chi connectivity index (χ1v) is 11.0. The van der Waals surface area contributed by atoms with E-state index in [4.69, 9.17) is 5.73 Å². The minimum atomic E-state index is -0.543. The van der Waals surface area contributed by atoms with E-state index in [1.807, 2.05) is 19.9 Å². The lowest BCUT2D eigenvalue weighted by Crippen LogP contribution is -2.19. The maximum atomic E-state index is 12.8. The molecule has 9 heteroatoms. The van der Waals surface area contributed by atoms with Crippen LogP contribution in [-0.4, -0.2) is 37.4 Å². The van der Waals surface area contributed by atoms with Gasteiger partial charge in [0.2, 0.25) is 5.91 Å². The Morgan fingerprint density at radius 1 is 1.40 bits per heavy atom. The first-order chi connectivity index (χ1) is 14.3. The summed E-state index contributed by atoms with van der Waals surface area (Å²) in [7, 11) is 3.52. The van der Waals surface area contributed by atoms with E-state index in [9.17, 15) is 13.5 Å². The number of nitrogens with one attached hydrogen (secondary N) is 2. The highest BCUT2D eigenvalue weighted by atomic mass is 32.2. The number of likely N-dealkylation sites (tertiary alicyclic amines) is 1. The standard InChI is InChI=1S/C21H27FN4O2S2/c1-5-15(30-22)8-6-13(2)17-12-16(19(23)27)20(29-17)25-18(24-3)9-7-14-10-11-26(4)21(14)28/h6-9,12,24-25H,5,10-11H2,1-4H3,(H2,23,27)/b13-6+,14-7+,15-8+,18-9+. The first-order valence-electron chi connectivity index (χ1n) is 9.51. The number of rotatable bonds is 9. The molecule has 2 heterocycles. The lowest BCUT2D eigenvalue weighted by atomic mass is 10.2. The van der Waals surface area contributed by atoms with Gasteiger partial charge in [0.25, 0.3) is 5.91 Å². The van der Waals surface area contributed by atoms with E-state index >= 15 is 0 Å². The summed E-state index contributed by atoms with van der Waals surface area (Å²) >= 11 is 1.61. The van der Waals surface area contributed by atoms with E-state index in [0.29, 0.717) is 40.7 Å². The molecule has 0 saturated carbocycles. The SMILES string of the molecule is CC/C(=C\C=C(/C)c1cc(C(N)=O)c(N/C(=C/C=C2\CCN(C)C2=O)NC)s1)SF. The zero-order chi connectivity index (χ0) is 22.3. The van der Waals surface area contributed by atoms with Crippen LogP contribution in [0.4, 0.5) is 8.89 Å². The fourth-order valence-electron chi connectivity index (χ4n) is 2.75. The molecule has 2 rings (SSSR count). The molecule has 6 nitrogen and oxygen atoms in total. The van der Waals surface area contributed by atoms with Crippen LogP contribution in [0.25, 0.3) is 5.57 Å². The number of primary amides is 1. The van der Waals surface area contributed by atoms with Crippen LogP contribution in [0.3, 0.4) is 0 Å². The summed E-state index contributed by atoms with van der Waals surface area (Å²) in [5.74, 6) is 0.104. The molecule has 0 atom stereocenters. The Morgan fingerprint density at radius 3 is 2.67 bits per heavy atom. The van der Waals surface area contributed by atoms with Crippen molar-refractivity contribution >= 4 is 45.9 Å². The highest BCUT2D eigenvalue weighted by molar-refractivity contribution is 7.98. The number of carbonyl (C=O) groups excluding carboxylic acids is 2. The van der Waals surface area contributed by atoms with Gasteiger partial charge in [-0.25, -0.2) is 0 Å². The molecular weight excluding hydrogens is 423 g/mol. The van der Waals surface area contributed by atoms with Crippen molar-refractivity contribution in [1.29, 1.82) is 0 Å². The summed E-state index contributed by atoms with van der Waals surface area (Å²) in [5.41, 5.74) is 7.56. The number of amides is 2. The Bertz CT molecular complexity index is 925. The Morgan fingerprint density at radius 2 is 2.13 bits per heavy atom. The number of halogens is 1. The molecular formula is C21H27FN4O2S2. The quantitative estimate of drug-likeness (QED) is 0.383. The van der Waals surface area contributed by atoms with E-state index in [1.54, 1.807) is 43.3 Å². The van der Waals surface area contributed by atoms with Crippen molar-refractivity contribution in [3.05, 3.63) is 57.1 Å². The highest BCUT2D eigenvalue weighted by Crippen LogP contribution is 2.33. The second-order valence-corrected chi connectivity index (χ2v) is 8.49. The molecule has 1 saturated heterocycles. The molecule has 0 unspecified atom stereocenters. The molecule has 0 aromatic carbocycles. The number of nitrogens with two attached hydrogens (primary N) is 1. The van der Waals surface area contributed by atoms with Crippen LogP contribution in [0.5, 0.6) is 0 Å². The highest BCUT2D eigenvalue weighted by Gasteiger charge is 2.21. The van der Waals surface area contributed by atoms with Crippen molar-refractivity contribution < 1.29 is 13.5 Å². The Labute approximate surface area is 185 Å². The Hall–Kier alpha value is -2.52. The van der Waals surface area contributed by atoms with Crippen LogP contribution >= 0.6 is 23.5 Å². The number of likely N-dealkylation sites (N-methyl/N-ethyl adjacent to an activating group) is 1. The lowest BCUT2D eigenvalue weighted by molar-refractivity contribution is -0.123. The number of thiophene rings is 1. The molecule has 30 heavy (non-hydrogen) atoms. The van der Waals surface area contributed by atoms with Gasteiger partial charge in [-0.3, -0.25) is 9.59 Å². The van der Waals surface area contributed by atoms with Crippen LogP contribution in [-0.2, 0) is 4.79 Å². The van der Waals surface area contributed by atoms with Crippen molar-refractivity contribution in [2.45, 2.75) is 26.7 Å². The van der Waals surface area contributed by atoms with Gasteiger partial charge in [-0.15, -0.1) is 11.3 Å². The van der Waals surface area contributed by atoms with Crippen molar-refractivity contribution in [3.8, 4) is 0 Å². The molecule has 0 radical (unpaired) electrons. The molecule has 1 aliphatic heterocycles. The molecule has 0 bridgehead atoms. The molecule has 1 aromatic rings. The zero-order valence-electron chi connectivity index (χ0n) is 17.5. The van der Waals surface area contributed by atoms with Crippen LogP contribution in [0.15, 0.2) is 46.7 Å². The van der Waals surface area contributed by atoms with Gasteiger partial charge in [0.1, 0.15) is 10.8 Å². The van der Waals surface area contributed by atoms with Gasteiger partial charge in [-0.05, 0) is 49.6 Å². The molecule has 0 spiro atoms. The van der Waals surface area contributed by atoms with E-state index in [1.165, 1.54) is 11.3 Å². The zero-order valence-corrected chi connectivity index (χ0v) is 19.2. The largest absolute Gasteiger partial charge is 0.375 e. The average Bonchev–Trinajstić information content (AvgIpc) is 3.30. The topological polar surface area (TPSA) is 87.5 Å². The van der Waals surface area contributed by atoms with Crippen LogP contribution < -0.4 is 16.4 Å². The average molecular weight is 451 g/mol. The molecule has 162 valence electrons. The maximum Gasteiger partial charge on any atom is 0.251 e. The fourth-order valence-corrected chi connectivity index (χ4v) is 4.03. The third-order valence-corrected chi connectivity index (χ3v) is 6.47. The number of nitrogens with zero attached hydrogens (tertiary/aromatic N) is 1. The van der Waals surface area contributed by atoms with E-state index < -0.39 is 5.91 Å². The smallest absolute Gasteiger partial charge is 0.251 e. The predicted molar refractivity (Wildman–Crippen MR) is 125 cm³/mol. The molecule has 2 amide bonds. The molecule has 4 N–H and O–H groups in total. The molecule has 1 aromatic heterocycles. The Balaban J connectivity index is 2.30. The summed E-state index contributed by atoms with van der Waals surface area (Å²) in [6.45, 7) is 4.49. The molecule has 1 fully saturated rings. The van der Waals surface area contributed by atoms with Gasteiger partial charge >= 0.3 is 0 Å². The third-order valence-electron chi connectivity index (χ3n) is 4.66. The number of hydrogen-bond acceptors (Lipinski definition) is 6. The first kappa shape index (κ1) is 23.8. The predicted octanol–water partition coefficient (Wildman–Crippen LogP) is 4.42. The van der Waals surface area contributed by atoms with E-state index in [0.717, 1.165) is 16.0 Å². The third kappa shape index (κ3) is 5.99. The van der Waals surface area contributed by atoms with Crippen LogP contribution in [0.2, 0.25) is 0 Å². The summed E-state index contributed by atoms with van der Waals surface area (Å²) < 4.78 is 12.8. The second-order valence-electron chi connectivity index (χ2n) is 6.76. The summed E-state index contributed by atoms with van der Waals surface area (Å²) in [6, 6.07) is 1.73. The van der Waals surface area contributed by atoms with Crippen molar-refractivity contribution in [2.24, 2.45) is 5.73 Å². The molecule has 1 aliphatic rings. The summed E-state index contributed by atoms with van der Waals surface area (Å²) in [4.78, 5) is 27.1. The van der Waals surface area contributed by atoms with Gasteiger partial charge in [0.15, 0.2) is 0 Å². The van der Waals surface area contributed by atoms with E-state index in [2.05, 4.69) is 10.6 Å². The minimum Gasteiger partial charge on any atom is -0.375 e. The monoisotopic (exact) mass is 450 g/mol. The van der Waals surface area contributed by atoms with Gasteiger partial charge in [0, 0.05) is 36.0 Å². The van der Waals surface area contributed by atoms with Crippen LogP contribution in [0, 0.1) is 0 Å². The molecule has 0 aliphatic carbocycles. The lowest BCUT2D eigenvalue weighted by Gasteiger charge is -2.09. The number of anilines is 1. The summed E-state index contributed by atoms with van der Waals surface area (Å²) in [6.07, 6.45) is 8.42. The maximum absolute atomic E-state index is 12.8. The fraction of sp³-hybridized carbons (Fsp3) is 0.333. The summed E-state index contributed by atoms with van der Waals surface area (Å²) in [5, 5.41) is 6.81. The van der Waals surface area contributed by atoms with Crippen LogP contribution in [0.1, 0.15) is 41.9 Å². The van der Waals surface area contributed by atoms with E-state index in [-0.39, 0.29) is 18.1 Å².